The lowest BCUT2D eigenvalue weighted by atomic mass is 10.1. The van der Waals surface area contributed by atoms with Crippen molar-refractivity contribution in [1.82, 2.24) is 15.1 Å². The van der Waals surface area contributed by atoms with Gasteiger partial charge >= 0.3 is 24.3 Å². The molecule has 186 valence electrons. The van der Waals surface area contributed by atoms with Crippen molar-refractivity contribution in [2.75, 3.05) is 31.2 Å². The van der Waals surface area contributed by atoms with Gasteiger partial charge in [-0.3, -0.25) is 4.90 Å². The molecule has 0 unspecified atom stereocenters. The topological polar surface area (TPSA) is 71.7 Å². The fraction of sp³-hybridized carbons (Fsp3) is 0.318. The minimum absolute atomic E-state index is 0.0483. The van der Waals surface area contributed by atoms with Crippen LogP contribution in [0.15, 0.2) is 52.9 Å². The lowest BCUT2D eigenvalue weighted by Gasteiger charge is -2.33. The van der Waals surface area contributed by atoms with E-state index in [4.69, 9.17) is 4.74 Å². The molecule has 2 aromatic carbocycles. The molecule has 13 heteroatoms. The fourth-order valence-corrected chi connectivity index (χ4v) is 3.43. The zero-order valence-electron chi connectivity index (χ0n) is 17.9. The van der Waals surface area contributed by atoms with E-state index in [-0.39, 0.29) is 36.8 Å². The zero-order valence-corrected chi connectivity index (χ0v) is 17.9. The number of carbonyl (C=O) groups is 1. The van der Waals surface area contributed by atoms with E-state index in [1.807, 2.05) is 0 Å². The first-order chi connectivity index (χ1) is 16.5. The highest BCUT2D eigenvalue weighted by molar-refractivity contribution is 5.92. The van der Waals surface area contributed by atoms with Crippen molar-refractivity contribution in [2.45, 2.75) is 18.9 Å². The van der Waals surface area contributed by atoms with E-state index in [0.717, 1.165) is 12.1 Å². The molecule has 4 rings (SSSR count). The van der Waals surface area contributed by atoms with Crippen molar-refractivity contribution in [3.8, 4) is 11.5 Å². The minimum Gasteiger partial charge on any atom is -0.413 e. The number of nitrogens with zero attached hydrogens (tertiary/aromatic N) is 4. The van der Waals surface area contributed by atoms with Gasteiger partial charge in [-0.25, -0.2) is 4.79 Å². The van der Waals surface area contributed by atoms with Gasteiger partial charge in [-0.15, -0.1) is 10.2 Å². The Labute approximate surface area is 194 Å². The summed E-state index contributed by atoms with van der Waals surface area (Å²) in [5.41, 5.74) is -0.126. The predicted octanol–water partition coefficient (Wildman–Crippen LogP) is 5.23. The molecule has 0 radical (unpaired) electrons. The van der Waals surface area contributed by atoms with Gasteiger partial charge in [-0.2, -0.15) is 26.3 Å². The SMILES string of the molecule is O=C(N1CCOCC1)N(Cc1ccc(-c2nnc(C(F)(F)F)o2)cc1)c1cccc(C(F)(F)F)c1. The summed E-state index contributed by atoms with van der Waals surface area (Å²) in [4.78, 5) is 15.9. The molecule has 1 aliphatic heterocycles. The summed E-state index contributed by atoms with van der Waals surface area (Å²) in [7, 11) is 0. The van der Waals surface area contributed by atoms with Crippen molar-refractivity contribution >= 4 is 11.7 Å². The predicted molar refractivity (Wildman–Crippen MR) is 110 cm³/mol. The Balaban J connectivity index is 1.61. The molecule has 0 saturated carbocycles. The molecule has 1 fully saturated rings. The van der Waals surface area contributed by atoms with Gasteiger partial charge in [0.25, 0.3) is 0 Å². The third kappa shape index (κ3) is 5.73. The van der Waals surface area contributed by atoms with Crippen LogP contribution < -0.4 is 4.90 Å². The highest BCUT2D eigenvalue weighted by Gasteiger charge is 2.38. The lowest BCUT2D eigenvalue weighted by Crippen LogP contribution is -2.48. The van der Waals surface area contributed by atoms with Gasteiger partial charge in [0.2, 0.25) is 5.89 Å². The number of anilines is 1. The summed E-state index contributed by atoms with van der Waals surface area (Å²) in [5, 5.41) is 6.36. The van der Waals surface area contributed by atoms with Crippen LogP contribution in [0.5, 0.6) is 0 Å². The molecule has 2 amide bonds. The molecule has 0 bridgehead atoms. The normalized spacial score (nSPS) is 14.7. The molecule has 1 aromatic heterocycles. The average molecular weight is 500 g/mol. The van der Waals surface area contributed by atoms with Gasteiger partial charge in [0.1, 0.15) is 0 Å². The Hall–Kier alpha value is -3.61. The lowest BCUT2D eigenvalue weighted by molar-refractivity contribution is -0.157. The molecule has 1 saturated heterocycles. The van der Waals surface area contributed by atoms with E-state index in [1.165, 1.54) is 46.2 Å². The van der Waals surface area contributed by atoms with E-state index in [2.05, 4.69) is 14.6 Å². The molecule has 0 aliphatic carbocycles. The van der Waals surface area contributed by atoms with E-state index in [0.29, 0.717) is 18.8 Å². The number of rotatable bonds is 4. The molecule has 3 aromatic rings. The number of aromatic nitrogens is 2. The van der Waals surface area contributed by atoms with Crippen LogP contribution in [0.1, 0.15) is 17.0 Å². The van der Waals surface area contributed by atoms with Crippen molar-refractivity contribution in [2.24, 2.45) is 0 Å². The first-order valence-electron chi connectivity index (χ1n) is 10.3. The third-order valence-electron chi connectivity index (χ3n) is 5.21. The Bertz CT molecular complexity index is 1170. The maximum absolute atomic E-state index is 13.3. The van der Waals surface area contributed by atoms with Crippen molar-refractivity contribution in [3.63, 3.8) is 0 Å². The summed E-state index contributed by atoms with van der Waals surface area (Å²) in [6.07, 6.45) is -9.37. The average Bonchev–Trinajstić information content (AvgIpc) is 3.34. The van der Waals surface area contributed by atoms with Crippen LogP contribution in [0.2, 0.25) is 0 Å². The number of morpholine rings is 1. The standard InChI is InChI=1S/C22H18F6N4O3/c23-21(24,25)16-2-1-3-17(12-16)32(20(33)31-8-10-34-11-9-31)13-14-4-6-15(7-5-14)18-29-30-19(35-18)22(26,27)28/h1-7,12H,8-11,13H2. The first-order valence-corrected chi connectivity index (χ1v) is 10.3. The summed E-state index contributed by atoms with van der Waals surface area (Å²) < 4.78 is 87.8. The van der Waals surface area contributed by atoms with Gasteiger partial charge < -0.3 is 14.1 Å². The van der Waals surface area contributed by atoms with Gasteiger partial charge in [0, 0.05) is 24.3 Å². The number of benzene rings is 2. The summed E-state index contributed by atoms with van der Waals surface area (Å²) >= 11 is 0. The second-order valence-corrected chi connectivity index (χ2v) is 7.62. The first kappa shape index (κ1) is 24.5. The van der Waals surface area contributed by atoms with Crippen LogP contribution in [-0.2, 0) is 23.6 Å². The van der Waals surface area contributed by atoms with Crippen molar-refractivity contribution < 1.29 is 40.3 Å². The Kier molecular flexibility index (Phi) is 6.70. The molecule has 1 aliphatic rings. The molecule has 0 atom stereocenters. The fourth-order valence-electron chi connectivity index (χ4n) is 3.43. The summed E-state index contributed by atoms with van der Waals surface area (Å²) in [5.74, 6) is -1.83. The molecule has 35 heavy (non-hydrogen) atoms. The van der Waals surface area contributed by atoms with Gasteiger partial charge in [0.05, 0.1) is 25.3 Å². The molecular weight excluding hydrogens is 482 g/mol. The third-order valence-corrected chi connectivity index (χ3v) is 5.21. The number of hydrogen-bond donors (Lipinski definition) is 0. The monoisotopic (exact) mass is 500 g/mol. The maximum Gasteiger partial charge on any atom is 0.470 e. The number of urea groups is 1. The molecule has 2 heterocycles. The van der Waals surface area contributed by atoms with Crippen LogP contribution in [0.4, 0.5) is 36.8 Å². The molecule has 7 nitrogen and oxygen atoms in total. The number of carbonyl (C=O) groups excluding carboxylic acids is 1. The van der Waals surface area contributed by atoms with Crippen LogP contribution in [0, 0.1) is 0 Å². The minimum atomic E-state index is -4.78. The van der Waals surface area contributed by atoms with E-state index >= 15 is 0 Å². The largest absolute Gasteiger partial charge is 0.470 e. The zero-order chi connectivity index (χ0) is 25.2. The Morgan fingerprint density at radius 1 is 0.943 bits per heavy atom. The second kappa shape index (κ2) is 9.56. The van der Waals surface area contributed by atoms with Gasteiger partial charge in [-0.1, -0.05) is 18.2 Å². The van der Waals surface area contributed by atoms with E-state index < -0.39 is 29.8 Å². The van der Waals surface area contributed by atoms with E-state index in [9.17, 15) is 31.1 Å². The summed E-state index contributed by atoms with van der Waals surface area (Å²) in [6, 6.07) is 9.80. The van der Waals surface area contributed by atoms with Crippen LogP contribution in [-0.4, -0.2) is 47.4 Å². The van der Waals surface area contributed by atoms with E-state index in [1.54, 1.807) is 0 Å². The summed E-state index contributed by atoms with van der Waals surface area (Å²) in [6.45, 7) is 1.09. The number of alkyl halides is 6. The maximum atomic E-state index is 13.3. The van der Waals surface area contributed by atoms with Crippen LogP contribution >= 0.6 is 0 Å². The van der Waals surface area contributed by atoms with Crippen molar-refractivity contribution in [3.05, 3.63) is 65.5 Å². The molecular formula is C22H18F6N4O3. The Morgan fingerprint density at radius 3 is 2.23 bits per heavy atom. The van der Waals surface area contributed by atoms with Gasteiger partial charge in [-0.05, 0) is 35.9 Å². The van der Waals surface area contributed by atoms with Gasteiger partial charge in [0.15, 0.2) is 0 Å². The Morgan fingerprint density at radius 2 is 1.63 bits per heavy atom. The quantitative estimate of drug-likeness (QED) is 0.459. The molecule has 0 spiro atoms. The highest BCUT2D eigenvalue weighted by atomic mass is 19.4. The smallest absolute Gasteiger partial charge is 0.413 e. The highest BCUT2D eigenvalue weighted by Crippen LogP contribution is 2.33. The second-order valence-electron chi connectivity index (χ2n) is 7.62. The number of amides is 2. The van der Waals surface area contributed by atoms with Crippen LogP contribution in [0.25, 0.3) is 11.5 Å². The number of halogens is 6. The number of ether oxygens (including phenoxy) is 1. The number of hydrogen-bond acceptors (Lipinski definition) is 5. The van der Waals surface area contributed by atoms with Crippen LogP contribution in [0.3, 0.4) is 0 Å². The molecule has 0 N–H and O–H groups in total. The van der Waals surface area contributed by atoms with Crippen molar-refractivity contribution in [1.29, 1.82) is 0 Å².